The Morgan fingerprint density at radius 1 is 0.844 bits per heavy atom. The maximum absolute atomic E-state index is 8.91. The Hall–Kier alpha value is -3.39. The molecule has 0 atom stereocenters. The highest BCUT2D eigenvalue weighted by Gasteiger charge is 2.19. The van der Waals surface area contributed by atoms with Crippen LogP contribution in [0.5, 0.6) is 0 Å². The van der Waals surface area contributed by atoms with Crippen molar-refractivity contribution in [2.45, 2.75) is 45.3 Å². The van der Waals surface area contributed by atoms with Gasteiger partial charge in [0.1, 0.15) is 11.2 Å². The molecule has 2 nitrogen and oxygen atoms in total. The van der Waals surface area contributed by atoms with Crippen molar-refractivity contribution in [2.24, 2.45) is 0 Å². The summed E-state index contributed by atoms with van der Waals surface area (Å²) in [6.45, 7) is -5.02. The fraction of sp³-hybridized carbons (Fsp3) is 0.233. The third-order valence-corrected chi connectivity index (χ3v) is 6.51. The van der Waals surface area contributed by atoms with E-state index in [1.165, 1.54) is 6.20 Å². The molecule has 0 N–H and O–H groups in total. The highest BCUT2D eigenvalue weighted by Crippen LogP contribution is 2.39. The molecule has 2 heterocycles. The molecule has 2 aromatic heterocycles. The van der Waals surface area contributed by atoms with Gasteiger partial charge in [-0.15, -0.1) is 0 Å². The highest BCUT2D eigenvalue weighted by molar-refractivity contribution is 6.09. The number of furan rings is 1. The van der Waals surface area contributed by atoms with Crippen LogP contribution in [0.15, 0.2) is 77.3 Å². The third kappa shape index (κ3) is 3.14. The predicted octanol–water partition coefficient (Wildman–Crippen LogP) is 8.59. The van der Waals surface area contributed by atoms with Gasteiger partial charge in [-0.05, 0) is 78.5 Å². The van der Waals surface area contributed by atoms with Gasteiger partial charge in [-0.2, -0.15) is 0 Å². The number of pyridine rings is 1. The van der Waals surface area contributed by atoms with Gasteiger partial charge < -0.3 is 4.42 Å². The number of hydrogen-bond donors (Lipinski definition) is 0. The summed E-state index contributed by atoms with van der Waals surface area (Å²) < 4.78 is 64.6. The van der Waals surface area contributed by atoms with Crippen molar-refractivity contribution in [1.29, 1.82) is 0 Å². The molecule has 32 heavy (non-hydrogen) atoms. The summed E-state index contributed by atoms with van der Waals surface area (Å²) in [7, 11) is 0. The largest absolute Gasteiger partial charge is 0.455 e. The van der Waals surface area contributed by atoms with Crippen molar-refractivity contribution in [1.82, 2.24) is 4.98 Å². The van der Waals surface area contributed by atoms with Gasteiger partial charge in [-0.25, -0.2) is 0 Å². The quantitative estimate of drug-likeness (QED) is 0.290. The summed E-state index contributed by atoms with van der Waals surface area (Å²) >= 11 is 0. The first-order valence-corrected chi connectivity index (χ1v) is 11.0. The van der Waals surface area contributed by atoms with Crippen molar-refractivity contribution in [3.05, 3.63) is 89.6 Å². The summed E-state index contributed by atoms with van der Waals surface area (Å²) in [5, 5.41) is 1.88. The number of fused-ring (bicyclic) bond motifs is 3. The van der Waals surface area contributed by atoms with Gasteiger partial charge in [0.15, 0.2) is 0 Å². The second-order valence-electron chi connectivity index (χ2n) is 8.47. The van der Waals surface area contributed by atoms with E-state index in [2.05, 4.69) is 4.98 Å². The van der Waals surface area contributed by atoms with E-state index in [0.29, 0.717) is 40.8 Å². The van der Waals surface area contributed by atoms with E-state index in [-0.39, 0.29) is 16.7 Å². The van der Waals surface area contributed by atoms with Crippen molar-refractivity contribution in [2.75, 3.05) is 0 Å². The van der Waals surface area contributed by atoms with Crippen LogP contribution < -0.4 is 0 Å². The number of benzene rings is 3. The fourth-order valence-electron chi connectivity index (χ4n) is 4.86. The van der Waals surface area contributed by atoms with Crippen molar-refractivity contribution >= 4 is 21.9 Å². The summed E-state index contributed by atoms with van der Waals surface area (Å²) in [6, 6.07) is 20.1. The molecule has 2 heteroatoms. The minimum atomic E-state index is -2.51. The molecule has 1 saturated carbocycles. The lowest BCUT2D eigenvalue weighted by atomic mass is 9.90. The number of aryl methyl sites for hydroxylation is 2. The number of nitrogens with zero attached hydrogens (tertiary/aromatic N) is 1. The topological polar surface area (TPSA) is 26.0 Å². The Balaban J connectivity index is 1.59. The first-order chi connectivity index (χ1) is 18.5. The number of hydrogen-bond acceptors (Lipinski definition) is 2. The molecule has 0 spiro atoms. The molecule has 6 rings (SSSR count). The van der Waals surface area contributed by atoms with E-state index in [1.807, 2.05) is 42.5 Å². The maximum atomic E-state index is 8.91. The SMILES string of the molecule is [2H]C([2H])([2H])c1cnc(-c2cccc3c2oc2ccccc23)cc1-c1ccc(C2([2H])CCCC2)cc1C([2H])([2H])[2H]. The molecular formula is C30H27NO. The maximum Gasteiger partial charge on any atom is 0.144 e. The lowest BCUT2D eigenvalue weighted by molar-refractivity contribution is 0.670. The van der Waals surface area contributed by atoms with Crippen molar-refractivity contribution in [3.63, 3.8) is 0 Å². The van der Waals surface area contributed by atoms with Gasteiger partial charge in [0.2, 0.25) is 0 Å². The van der Waals surface area contributed by atoms with Crippen LogP contribution in [-0.4, -0.2) is 4.98 Å². The van der Waals surface area contributed by atoms with Gasteiger partial charge in [-0.1, -0.05) is 61.4 Å². The zero-order chi connectivity index (χ0) is 27.6. The Labute approximate surface area is 198 Å². The molecule has 1 aliphatic rings. The van der Waals surface area contributed by atoms with Crippen LogP contribution in [0.4, 0.5) is 0 Å². The van der Waals surface area contributed by atoms with Gasteiger partial charge >= 0.3 is 0 Å². The zero-order valence-corrected chi connectivity index (χ0v) is 17.6. The summed E-state index contributed by atoms with van der Waals surface area (Å²) in [4.78, 5) is 4.51. The summed E-state index contributed by atoms with van der Waals surface area (Å²) in [5.74, 6) is -0.828. The van der Waals surface area contributed by atoms with Crippen LogP contribution in [0.25, 0.3) is 44.3 Å². The van der Waals surface area contributed by atoms with Crippen LogP contribution in [-0.2, 0) is 0 Å². The Morgan fingerprint density at radius 2 is 1.69 bits per heavy atom. The normalized spacial score (nSPS) is 19.6. The van der Waals surface area contributed by atoms with E-state index in [9.17, 15) is 0 Å². The molecule has 158 valence electrons. The Bertz CT molecular complexity index is 1710. The third-order valence-electron chi connectivity index (χ3n) is 6.51. The minimum absolute atomic E-state index is 0.0252. The van der Waals surface area contributed by atoms with Crippen LogP contribution >= 0.6 is 0 Å². The van der Waals surface area contributed by atoms with Crippen LogP contribution in [0, 0.1) is 13.7 Å². The van der Waals surface area contributed by atoms with Gasteiger partial charge in [0.05, 0.1) is 5.69 Å². The lowest BCUT2D eigenvalue weighted by Crippen LogP contribution is -1.96. The molecule has 0 unspecified atom stereocenters. The first kappa shape index (κ1) is 13.2. The van der Waals surface area contributed by atoms with E-state index < -0.39 is 19.6 Å². The molecular weight excluding hydrogens is 390 g/mol. The highest BCUT2D eigenvalue weighted by atomic mass is 16.3. The minimum Gasteiger partial charge on any atom is -0.455 e. The monoisotopic (exact) mass is 424 g/mol. The molecule has 0 radical (unpaired) electrons. The second-order valence-corrected chi connectivity index (χ2v) is 8.47. The predicted molar refractivity (Wildman–Crippen MR) is 133 cm³/mol. The van der Waals surface area contributed by atoms with Gasteiger partial charge in [0, 0.05) is 32.1 Å². The lowest BCUT2D eigenvalue weighted by Gasteiger charge is -2.15. The average Bonchev–Trinajstić information content (AvgIpc) is 3.51. The molecule has 5 aromatic rings. The number of aromatic nitrogens is 1. The van der Waals surface area contributed by atoms with Crippen LogP contribution in [0.2, 0.25) is 0 Å². The van der Waals surface area contributed by atoms with E-state index in [4.69, 9.17) is 14.0 Å². The van der Waals surface area contributed by atoms with Crippen LogP contribution in [0.3, 0.4) is 0 Å². The van der Waals surface area contributed by atoms with Crippen LogP contribution in [0.1, 0.15) is 57.9 Å². The van der Waals surface area contributed by atoms with Gasteiger partial charge in [0.25, 0.3) is 0 Å². The van der Waals surface area contributed by atoms with E-state index >= 15 is 0 Å². The Morgan fingerprint density at radius 3 is 2.56 bits per heavy atom. The first-order valence-electron chi connectivity index (χ1n) is 14.5. The average molecular weight is 425 g/mol. The molecule has 3 aromatic carbocycles. The standard InChI is InChI=1S/C30H27NO/c1-19-16-22(21-8-3-4-9-21)14-15-23(19)27-17-28(31-18-20(27)2)26-12-7-11-25-24-10-5-6-13-29(24)32-30(25)26/h5-7,10-18,21H,3-4,8-9H2,1-2H3/i1D3,2D3,21D. The fourth-order valence-corrected chi connectivity index (χ4v) is 4.86. The van der Waals surface area contributed by atoms with E-state index in [1.54, 1.807) is 24.3 Å². The van der Waals surface area contributed by atoms with Crippen molar-refractivity contribution < 1.29 is 14.0 Å². The number of para-hydroxylation sites is 2. The molecule has 0 amide bonds. The molecule has 0 saturated heterocycles. The van der Waals surface area contributed by atoms with Crippen molar-refractivity contribution in [3.8, 4) is 22.4 Å². The summed E-state index contributed by atoms with van der Waals surface area (Å²) in [6.07, 6.45) is 4.53. The molecule has 0 aliphatic heterocycles. The molecule has 0 bridgehead atoms. The zero-order valence-electron chi connectivity index (χ0n) is 24.6. The molecule has 1 fully saturated rings. The summed E-state index contributed by atoms with van der Waals surface area (Å²) in [5.41, 5.74) is 3.81. The second kappa shape index (κ2) is 7.63. The Kier molecular flexibility index (Phi) is 3.15. The number of rotatable bonds is 3. The molecule has 1 aliphatic carbocycles. The van der Waals surface area contributed by atoms with E-state index in [0.717, 1.165) is 29.2 Å². The van der Waals surface area contributed by atoms with Gasteiger partial charge in [-0.3, -0.25) is 4.98 Å². The smallest absolute Gasteiger partial charge is 0.144 e.